The fourth-order valence-electron chi connectivity index (χ4n) is 2.23. The molecule has 0 amide bonds. The van der Waals surface area contributed by atoms with E-state index in [4.69, 9.17) is 4.74 Å². The molecule has 0 aromatic heterocycles. The maximum absolute atomic E-state index is 5.69. The van der Waals surface area contributed by atoms with Crippen LogP contribution in [0.15, 0.2) is 0 Å². The molecule has 0 spiro atoms. The van der Waals surface area contributed by atoms with Gasteiger partial charge in [-0.25, -0.2) is 0 Å². The van der Waals surface area contributed by atoms with E-state index in [1.54, 1.807) is 0 Å². The van der Waals surface area contributed by atoms with Crippen molar-refractivity contribution in [2.75, 3.05) is 33.8 Å². The van der Waals surface area contributed by atoms with Crippen molar-refractivity contribution in [2.24, 2.45) is 0 Å². The summed E-state index contributed by atoms with van der Waals surface area (Å²) in [5.41, 5.74) is 0. The maximum Gasteiger partial charge on any atom is 0.0587 e. The zero-order valence-electron chi connectivity index (χ0n) is 10.5. The summed E-state index contributed by atoms with van der Waals surface area (Å²) in [6.07, 6.45) is 5.30. The second-order valence-electron chi connectivity index (χ2n) is 4.52. The lowest BCUT2D eigenvalue weighted by molar-refractivity contribution is -0.0232. The molecule has 0 aliphatic carbocycles. The Morgan fingerprint density at radius 1 is 1.47 bits per heavy atom. The summed E-state index contributed by atoms with van der Waals surface area (Å²) in [6, 6.07) is 0.737. The molecular weight excluding hydrogens is 188 g/mol. The molecule has 1 rings (SSSR count). The highest BCUT2D eigenvalue weighted by Gasteiger charge is 2.23. The fourth-order valence-corrected chi connectivity index (χ4v) is 2.23. The second kappa shape index (κ2) is 7.20. The molecule has 0 saturated carbocycles. The third-order valence-corrected chi connectivity index (χ3v) is 3.36. The van der Waals surface area contributed by atoms with Crippen molar-refractivity contribution in [3.05, 3.63) is 0 Å². The van der Waals surface area contributed by atoms with Gasteiger partial charge in [0, 0.05) is 12.6 Å². The van der Waals surface area contributed by atoms with E-state index in [-0.39, 0.29) is 0 Å². The molecule has 1 N–H and O–H groups in total. The zero-order chi connectivity index (χ0) is 11.1. The standard InChI is InChI=1S/C12H26N2O/c1-4-12-10-11(6-9-15-12)14(3)8-5-7-13-2/h11-13H,4-10H2,1-3H3. The van der Waals surface area contributed by atoms with Gasteiger partial charge in [0.05, 0.1) is 6.10 Å². The van der Waals surface area contributed by atoms with E-state index < -0.39 is 0 Å². The molecular formula is C12H26N2O. The first-order valence-electron chi connectivity index (χ1n) is 6.24. The quantitative estimate of drug-likeness (QED) is 0.678. The lowest BCUT2D eigenvalue weighted by Crippen LogP contribution is -2.41. The van der Waals surface area contributed by atoms with Gasteiger partial charge in [-0.1, -0.05) is 6.92 Å². The van der Waals surface area contributed by atoms with Crippen molar-refractivity contribution < 1.29 is 4.74 Å². The topological polar surface area (TPSA) is 24.5 Å². The van der Waals surface area contributed by atoms with Gasteiger partial charge in [-0.15, -0.1) is 0 Å². The van der Waals surface area contributed by atoms with Crippen LogP contribution in [0.3, 0.4) is 0 Å². The molecule has 0 radical (unpaired) electrons. The highest BCUT2D eigenvalue weighted by molar-refractivity contribution is 4.77. The van der Waals surface area contributed by atoms with Gasteiger partial charge in [-0.2, -0.15) is 0 Å². The highest BCUT2D eigenvalue weighted by Crippen LogP contribution is 2.20. The number of nitrogens with one attached hydrogen (secondary N) is 1. The Bertz CT molecular complexity index is 164. The van der Waals surface area contributed by atoms with Crippen LogP contribution in [0.5, 0.6) is 0 Å². The lowest BCUT2D eigenvalue weighted by atomic mass is 10.0. The van der Waals surface area contributed by atoms with Gasteiger partial charge < -0.3 is 15.0 Å². The smallest absolute Gasteiger partial charge is 0.0587 e. The molecule has 2 unspecified atom stereocenters. The maximum atomic E-state index is 5.69. The molecule has 1 saturated heterocycles. The number of hydrogen-bond donors (Lipinski definition) is 1. The van der Waals surface area contributed by atoms with Crippen LogP contribution in [-0.4, -0.2) is 50.8 Å². The molecule has 1 aliphatic rings. The van der Waals surface area contributed by atoms with Crippen LogP contribution in [-0.2, 0) is 4.74 Å². The first-order chi connectivity index (χ1) is 7.27. The van der Waals surface area contributed by atoms with Gasteiger partial charge in [0.15, 0.2) is 0 Å². The van der Waals surface area contributed by atoms with E-state index in [9.17, 15) is 0 Å². The second-order valence-corrected chi connectivity index (χ2v) is 4.52. The minimum absolute atomic E-state index is 0.496. The Kier molecular flexibility index (Phi) is 6.22. The van der Waals surface area contributed by atoms with E-state index in [0.717, 1.165) is 25.6 Å². The predicted molar refractivity (Wildman–Crippen MR) is 64.2 cm³/mol. The predicted octanol–water partition coefficient (Wildman–Crippen LogP) is 1.49. The van der Waals surface area contributed by atoms with Crippen LogP contribution in [0.1, 0.15) is 32.6 Å². The summed E-state index contributed by atoms with van der Waals surface area (Å²) in [6.45, 7) is 5.47. The van der Waals surface area contributed by atoms with Crippen molar-refractivity contribution in [3.8, 4) is 0 Å². The van der Waals surface area contributed by atoms with Crippen LogP contribution in [0.2, 0.25) is 0 Å². The summed E-state index contributed by atoms with van der Waals surface area (Å²) >= 11 is 0. The van der Waals surface area contributed by atoms with E-state index >= 15 is 0 Å². The van der Waals surface area contributed by atoms with Crippen molar-refractivity contribution in [3.63, 3.8) is 0 Å². The summed E-state index contributed by atoms with van der Waals surface area (Å²) in [5.74, 6) is 0. The third-order valence-electron chi connectivity index (χ3n) is 3.36. The minimum atomic E-state index is 0.496. The number of hydrogen-bond acceptors (Lipinski definition) is 3. The largest absolute Gasteiger partial charge is 0.378 e. The zero-order valence-corrected chi connectivity index (χ0v) is 10.5. The molecule has 1 aliphatic heterocycles. The molecule has 1 heterocycles. The van der Waals surface area contributed by atoms with Gasteiger partial charge in [-0.05, 0) is 52.9 Å². The first-order valence-corrected chi connectivity index (χ1v) is 6.24. The van der Waals surface area contributed by atoms with Gasteiger partial charge in [0.2, 0.25) is 0 Å². The monoisotopic (exact) mass is 214 g/mol. The van der Waals surface area contributed by atoms with Gasteiger partial charge >= 0.3 is 0 Å². The summed E-state index contributed by atoms with van der Waals surface area (Å²) in [4.78, 5) is 2.50. The molecule has 90 valence electrons. The Labute approximate surface area is 94.2 Å². The summed E-state index contributed by atoms with van der Waals surface area (Å²) < 4.78 is 5.69. The summed E-state index contributed by atoms with van der Waals surface area (Å²) in [7, 11) is 4.26. The van der Waals surface area contributed by atoms with E-state index in [1.807, 2.05) is 7.05 Å². The molecule has 3 heteroatoms. The van der Waals surface area contributed by atoms with Crippen LogP contribution in [0.4, 0.5) is 0 Å². The molecule has 0 aromatic carbocycles. The van der Waals surface area contributed by atoms with Crippen LogP contribution >= 0.6 is 0 Å². The minimum Gasteiger partial charge on any atom is -0.378 e. The average molecular weight is 214 g/mol. The Morgan fingerprint density at radius 2 is 2.27 bits per heavy atom. The molecule has 0 bridgehead atoms. The Hall–Kier alpha value is -0.120. The molecule has 15 heavy (non-hydrogen) atoms. The third kappa shape index (κ3) is 4.49. The molecule has 3 nitrogen and oxygen atoms in total. The first kappa shape index (κ1) is 12.9. The van der Waals surface area contributed by atoms with Gasteiger partial charge in [0.1, 0.15) is 0 Å². The van der Waals surface area contributed by atoms with Gasteiger partial charge in [-0.3, -0.25) is 0 Å². The van der Waals surface area contributed by atoms with Crippen molar-refractivity contribution in [2.45, 2.75) is 44.8 Å². The Balaban J connectivity index is 2.22. The SMILES string of the molecule is CCC1CC(N(C)CCCNC)CCO1. The van der Waals surface area contributed by atoms with E-state index in [0.29, 0.717) is 6.10 Å². The number of rotatable bonds is 6. The molecule has 2 atom stereocenters. The van der Waals surface area contributed by atoms with Gasteiger partial charge in [0.25, 0.3) is 0 Å². The van der Waals surface area contributed by atoms with Crippen molar-refractivity contribution >= 4 is 0 Å². The normalized spacial score (nSPS) is 27.2. The average Bonchev–Trinajstić information content (AvgIpc) is 2.29. The lowest BCUT2D eigenvalue weighted by Gasteiger charge is -2.35. The van der Waals surface area contributed by atoms with E-state index in [1.165, 1.54) is 25.8 Å². The number of nitrogens with zero attached hydrogens (tertiary/aromatic N) is 1. The fraction of sp³-hybridized carbons (Fsp3) is 1.00. The van der Waals surface area contributed by atoms with Crippen molar-refractivity contribution in [1.29, 1.82) is 0 Å². The van der Waals surface area contributed by atoms with E-state index in [2.05, 4.69) is 24.2 Å². The van der Waals surface area contributed by atoms with Crippen LogP contribution in [0, 0.1) is 0 Å². The molecule has 1 fully saturated rings. The number of ether oxygens (including phenoxy) is 1. The van der Waals surface area contributed by atoms with Crippen LogP contribution in [0.25, 0.3) is 0 Å². The van der Waals surface area contributed by atoms with Crippen molar-refractivity contribution in [1.82, 2.24) is 10.2 Å². The molecule has 0 aromatic rings. The highest BCUT2D eigenvalue weighted by atomic mass is 16.5. The van der Waals surface area contributed by atoms with Crippen LogP contribution < -0.4 is 5.32 Å². The Morgan fingerprint density at radius 3 is 2.93 bits per heavy atom. The summed E-state index contributed by atoms with van der Waals surface area (Å²) in [5, 5.41) is 3.19.